The van der Waals surface area contributed by atoms with Crippen LogP contribution in [0.2, 0.25) is 0 Å². The van der Waals surface area contributed by atoms with Crippen LogP contribution in [0.5, 0.6) is 0 Å². The number of halogens is 1. The highest BCUT2D eigenvalue weighted by molar-refractivity contribution is 6.00. The SMILES string of the molecule is COC(=O)[C@@]1(Cc2ccc(F)cc2)[C@H]2c3cc(C(=O)N(C)C)n(Cc4cc(C)n(C)n4)c3C[C@H]2CN1C(=O)c1ccccc1. The summed E-state index contributed by atoms with van der Waals surface area (Å²) in [6.45, 7) is 2.69. The lowest BCUT2D eigenvalue weighted by Crippen LogP contribution is -2.58. The molecular weight excluding hydrogens is 561 g/mol. The summed E-state index contributed by atoms with van der Waals surface area (Å²) in [5.41, 5.74) is 3.85. The molecule has 1 saturated heterocycles. The van der Waals surface area contributed by atoms with Crippen molar-refractivity contribution >= 4 is 17.8 Å². The van der Waals surface area contributed by atoms with Crippen molar-refractivity contribution in [2.45, 2.75) is 37.8 Å². The Labute approximate surface area is 255 Å². The van der Waals surface area contributed by atoms with Crippen LogP contribution >= 0.6 is 0 Å². The number of fused-ring (bicyclic) bond motifs is 3. The van der Waals surface area contributed by atoms with Crippen LogP contribution in [-0.2, 0) is 36.0 Å². The van der Waals surface area contributed by atoms with E-state index in [1.807, 2.05) is 36.7 Å². The summed E-state index contributed by atoms with van der Waals surface area (Å²) in [5, 5.41) is 4.64. The fourth-order valence-corrected chi connectivity index (χ4v) is 7.18. The normalized spacial score (nSPS) is 20.4. The summed E-state index contributed by atoms with van der Waals surface area (Å²) in [4.78, 5) is 45.1. The molecule has 0 spiro atoms. The number of methoxy groups -OCH3 is 1. The molecule has 1 fully saturated rings. The average molecular weight is 598 g/mol. The number of aromatic nitrogens is 3. The fourth-order valence-electron chi connectivity index (χ4n) is 7.18. The van der Waals surface area contributed by atoms with E-state index in [0.29, 0.717) is 36.3 Å². The van der Waals surface area contributed by atoms with E-state index in [1.165, 1.54) is 24.1 Å². The second-order valence-corrected chi connectivity index (χ2v) is 12.1. The molecule has 6 rings (SSSR count). The molecule has 2 aromatic heterocycles. The smallest absolute Gasteiger partial charge is 0.332 e. The summed E-state index contributed by atoms with van der Waals surface area (Å²) >= 11 is 0. The third-order valence-corrected chi connectivity index (χ3v) is 9.22. The van der Waals surface area contributed by atoms with Crippen LogP contribution in [0.25, 0.3) is 0 Å². The lowest BCUT2D eigenvalue weighted by atomic mass is 9.75. The monoisotopic (exact) mass is 597 g/mol. The van der Waals surface area contributed by atoms with E-state index in [-0.39, 0.29) is 30.0 Å². The van der Waals surface area contributed by atoms with Gasteiger partial charge in [0.05, 0.1) is 19.3 Å². The summed E-state index contributed by atoms with van der Waals surface area (Å²) in [6.07, 6.45) is 0.688. The second-order valence-electron chi connectivity index (χ2n) is 12.1. The summed E-state index contributed by atoms with van der Waals surface area (Å²) in [5.74, 6) is -1.93. The van der Waals surface area contributed by atoms with Gasteiger partial charge in [0, 0.05) is 57.0 Å². The lowest BCUT2D eigenvalue weighted by Gasteiger charge is -2.40. The molecule has 1 aliphatic heterocycles. The van der Waals surface area contributed by atoms with Gasteiger partial charge >= 0.3 is 5.97 Å². The Morgan fingerprint density at radius 1 is 1.07 bits per heavy atom. The van der Waals surface area contributed by atoms with Crippen LogP contribution in [0.4, 0.5) is 4.39 Å². The van der Waals surface area contributed by atoms with Gasteiger partial charge in [-0.15, -0.1) is 0 Å². The molecule has 2 amide bonds. The number of likely N-dealkylation sites (tertiary alicyclic amines) is 1. The molecule has 3 atom stereocenters. The number of esters is 1. The fraction of sp³-hybridized carbons (Fsp3) is 0.353. The first-order chi connectivity index (χ1) is 21.0. The first kappa shape index (κ1) is 29.3. The topological polar surface area (TPSA) is 89.7 Å². The maximum Gasteiger partial charge on any atom is 0.332 e. The summed E-state index contributed by atoms with van der Waals surface area (Å²) in [7, 11) is 6.63. The molecule has 3 heterocycles. The summed E-state index contributed by atoms with van der Waals surface area (Å²) < 4.78 is 23.3. The molecule has 0 radical (unpaired) electrons. The number of rotatable bonds is 7. The molecule has 2 aromatic carbocycles. The van der Waals surface area contributed by atoms with Gasteiger partial charge in [0.15, 0.2) is 5.54 Å². The standard InChI is InChI=1S/C34H36FN5O4/c1-21-15-26(36-38(21)4)20-39-28-16-24-19-40(31(41)23-9-7-6-8-10-23)34(33(43)44-5,18-22-11-13-25(35)14-12-22)30(24)27(28)17-29(39)32(42)37(2)3/h6-15,17,24,30H,16,18-20H2,1-5H3/t24-,30+,34+/m0/s1. The van der Waals surface area contributed by atoms with Crippen LogP contribution in [-0.4, -0.2) is 75.2 Å². The van der Waals surface area contributed by atoms with Crippen molar-refractivity contribution in [3.8, 4) is 0 Å². The van der Waals surface area contributed by atoms with Crippen molar-refractivity contribution in [2.24, 2.45) is 13.0 Å². The second kappa shape index (κ2) is 11.1. The molecule has 9 nitrogen and oxygen atoms in total. The minimum atomic E-state index is -1.43. The molecule has 2 aliphatic rings. The maximum absolute atomic E-state index is 14.2. The van der Waals surface area contributed by atoms with Crippen LogP contribution in [0.1, 0.15) is 55.0 Å². The van der Waals surface area contributed by atoms with Crippen molar-refractivity contribution in [1.29, 1.82) is 0 Å². The highest BCUT2D eigenvalue weighted by atomic mass is 19.1. The van der Waals surface area contributed by atoms with E-state index in [4.69, 9.17) is 4.74 Å². The molecule has 0 N–H and O–H groups in total. The molecule has 1 aliphatic carbocycles. The zero-order chi connectivity index (χ0) is 31.3. The van der Waals surface area contributed by atoms with Gasteiger partial charge in [-0.3, -0.25) is 14.3 Å². The van der Waals surface area contributed by atoms with Gasteiger partial charge in [-0.25, -0.2) is 9.18 Å². The van der Waals surface area contributed by atoms with E-state index in [1.54, 1.807) is 60.1 Å². The van der Waals surface area contributed by atoms with Crippen molar-refractivity contribution in [3.63, 3.8) is 0 Å². The van der Waals surface area contributed by atoms with Crippen LogP contribution < -0.4 is 0 Å². The van der Waals surface area contributed by atoms with Gasteiger partial charge in [0.2, 0.25) is 0 Å². The van der Waals surface area contributed by atoms with Gasteiger partial charge < -0.3 is 19.1 Å². The Hall–Kier alpha value is -4.73. The Morgan fingerprint density at radius 3 is 2.39 bits per heavy atom. The number of aryl methyl sites for hydroxylation is 2. The first-order valence-corrected chi connectivity index (χ1v) is 14.7. The number of nitrogens with zero attached hydrogens (tertiary/aromatic N) is 5. The number of carbonyl (C=O) groups is 3. The van der Waals surface area contributed by atoms with Crippen molar-refractivity contribution < 1.29 is 23.5 Å². The number of benzene rings is 2. The third-order valence-electron chi connectivity index (χ3n) is 9.22. The molecule has 4 aromatic rings. The Balaban J connectivity index is 1.54. The highest BCUT2D eigenvalue weighted by Gasteiger charge is 2.64. The largest absolute Gasteiger partial charge is 0.467 e. The molecule has 44 heavy (non-hydrogen) atoms. The highest BCUT2D eigenvalue weighted by Crippen LogP contribution is 2.55. The van der Waals surface area contributed by atoms with E-state index < -0.39 is 17.4 Å². The number of ether oxygens (including phenoxy) is 1. The van der Waals surface area contributed by atoms with E-state index >= 15 is 0 Å². The third kappa shape index (κ3) is 4.69. The van der Waals surface area contributed by atoms with E-state index in [9.17, 15) is 18.8 Å². The van der Waals surface area contributed by atoms with Crippen LogP contribution in [0.3, 0.4) is 0 Å². The molecule has 10 heteroatoms. The van der Waals surface area contributed by atoms with Crippen molar-refractivity contribution in [2.75, 3.05) is 27.7 Å². The van der Waals surface area contributed by atoms with Gasteiger partial charge in [0.1, 0.15) is 11.5 Å². The minimum Gasteiger partial charge on any atom is -0.467 e. The van der Waals surface area contributed by atoms with E-state index in [0.717, 1.165) is 22.6 Å². The van der Waals surface area contributed by atoms with Crippen molar-refractivity contribution in [3.05, 3.63) is 112 Å². The number of carbonyl (C=O) groups excluding carboxylic acids is 3. The molecule has 0 unspecified atom stereocenters. The number of amides is 2. The van der Waals surface area contributed by atoms with Crippen molar-refractivity contribution in [1.82, 2.24) is 24.1 Å². The predicted octanol–water partition coefficient (Wildman–Crippen LogP) is 3.99. The van der Waals surface area contributed by atoms with Crippen LogP contribution in [0, 0.1) is 18.7 Å². The minimum absolute atomic E-state index is 0.104. The van der Waals surface area contributed by atoms with Gasteiger partial charge in [-0.2, -0.15) is 5.10 Å². The first-order valence-electron chi connectivity index (χ1n) is 14.7. The molecule has 228 valence electrons. The Kier molecular flexibility index (Phi) is 7.39. The van der Waals surface area contributed by atoms with Crippen LogP contribution in [0.15, 0.2) is 66.7 Å². The predicted molar refractivity (Wildman–Crippen MR) is 162 cm³/mol. The lowest BCUT2D eigenvalue weighted by molar-refractivity contribution is -0.153. The van der Waals surface area contributed by atoms with Gasteiger partial charge in [-0.1, -0.05) is 30.3 Å². The Bertz CT molecular complexity index is 1720. The number of hydrogen-bond donors (Lipinski definition) is 0. The quantitative estimate of drug-likeness (QED) is 0.301. The molecule has 0 bridgehead atoms. The molecular formula is C34H36FN5O4. The summed E-state index contributed by atoms with van der Waals surface area (Å²) in [6, 6.07) is 18.8. The van der Waals surface area contributed by atoms with Gasteiger partial charge in [0.25, 0.3) is 11.8 Å². The maximum atomic E-state index is 14.2. The molecule has 0 saturated carbocycles. The average Bonchev–Trinajstić information content (AvgIpc) is 3.73. The zero-order valence-corrected chi connectivity index (χ0v) is 25.6. The van der Waals surface area contributed by atoms with E-state index in [2.05, 4.69) is 5.10 Å². The van der Waals surface area contributed by atoms with Gasteiger partial charge in [-0.05, 0) is 66.8 Å². The number of hydrogen-bond acceptors (Lipinski definition) is 5. The zero-order valence-electron chi connectivity index (χ0n) is 25.6. The Morgan fingerprint density at radius 2 is 1.77 bits per heavy atom.